The van der Waals surface area contributed by atoms with E-state index in [-0.39, 0.29) is 24.3 Å². The molecule has 6 nitrogen and oxygen atoms in total. The molecule has 0 bridgehead atoms. The first-order valence-corrected chi connectivity index (χ1v) is 10.3. The number of nitrogens with one attached hydrogen (secondary N) is 2. The third kappa shape index (κ3) is 6.95. The molecule has 162 valence electrons. The highest BCUT2D eigenvalue weighted by molar-refractivity contribution is 6.30. The van der Waals surface area contributed by atoms with Crippen molar-refractivity contribution >= 4 is 23.2 Å². The number of hydrogen-bond donors (Lipinski definition) is 3. The van der Waals surface area contributed by atoms with Gasteiger partial charge in [-0.05, 0) is 36.2 Å². The third-order valence-electron chi connectivity index (χ3n) is 4.92. The molecule has 0 unspecified atom stereocenters. The minimum absolute atomic E-state index is 0.00968. The van der Waals surface area contributed by atoms with Crippen LogP contribution in [0, 0.1) is 5.82 Å². The summed E-state index contributed by atoms with van der Waals surface area (Å²) in [5, 5.41) is 16.9. The molecule has 30 heavy (non-hydrogen) atoms. The van der Waals surface area contributed by atoms with E-state index < -0.39 is 11.9 Å². The van der Waals surface area contributed by atoms with Crippen LogP contribution in [0.1, 0.15) is 18.9 Å². The summed E-state index contributed by atoms with van der Waals surface area (Å²) in [6.07, 6.45) is 0.237. The molecule has 1 heterocycles. The largest absolute Gasteiger partial charge is 0.489 e. The van der Waals surface area contributed by atoms with Crippen molar-refractivity contribution in [3.63, 3.8) is 0 Å². The van der Waals surface area contributed by atoms with Crippen LogP contribution in [0.15, 0.2) is 42.5 Å². The molecule has 0 aromatic heterocycles. The quantitative estimate of drug-likeness (QED) is 0.564. The van der Waals surface area contributed by atoms with Crippen LogP contribution in [0.4, 0.5) is 10.1 Å². The lowest BCUT2D eigenvalue weighted by atomic mass is 10.2. The van der Waals surface area contributed by atoms with Crippen molar-refractivity contribution in [3.8, 4) is 5.75 Å². The number of ether oxygens (including phenoxy) is 1. The van der Waals surface area contributed by atoms with Crippen molar-refractivity contribution in [2.45, 2.75) is 32.0 Å². The zero-order chi connectivity index (χ0) is 21.5. The van der Waals surface area contributed by atoms with Gasteiger partial charge in [-0.2, -0.15) is 0 Å². The third-order valence-corrected chi connectivity index (χ3v) is 5.17. The Morgan fingerprint density at radius 2 is 2.10 bits per heavy atom. The number of aliphatic hydroxyl groups is 1. The van der Waals surface area contributed by atoms with E-state index in [4.69, 9.17) is 16.3 Å². The Morgan fingerprint density at radius 1 is 1.33 bits per heavy atom. The lowest BCUT2D eigenvalue weighted by Crippen LogP contribution is -2.39. The number of aliphatic hydroxyl groups excluding tert-OH is 1. The van der Waals surface area contributed by atoms with E-state index in [9.17, 15) is 14.3 Å². The molecule has 0 saturated carbocycles. The molecule has 1 fully saturated rings. The Bertz CT molecular complexity index is 850. The molecule has 2 aromatic rings. The maximum absolute atomic E-state index is 13.5. The van der Waals surface area contributed by atoms with E-state index in [1.165, 1.54) is 30.7 Å². The first kappa shape index (κ1) is 22.5. The van der Waals surface area contributed by atoms with Gasteiger partial charge in [0.2, 0.25) is 5.91 Å². The Balaban J connectivity index is 1.41. The zero-order valence-corrected chi connectivity index (χ0v) is 17.7. The lowest BCUT2D eigenvalue weighted by Gasteiger charge is -2.19. The minimum Gasteiger partial charge on any atom is -0.489 e. The van der Waals surface area contributed by atoms with Gasteiger partial charge >= 0.3 is 0 Å². The normalized spacial score (nSPS) is 17.7. The van der Waals surface area contributed by atoms with Crippen LogP contribution in [0.25, 0.3) is 0 Å². The highest BCUT2D eigenvalue weighted by Gasteiger charge is 2.23. The molecule has 0 radical (unpaired) electrons. The monoisotopic (exact) mass is 435 g/mol. The molecule has 3 rings (SSSR count). The molecule has 3 N–H and O–H groups in total. The van der Waals surface area contributed by atoms with E-state index in [1.54, 1.807) is 0 Å². The van der Waals surface area contributed by atoms with Crippen molar-refractivity contribution in [2.24, 2.45) is 0 Å². The predicted octanol–water partition coefficient (Wildman–Crippen LogP) is 3.04. The van der Waals surface area contributed by atoms with Gasteiger partial charge in [-0.25, -0.2) is 4.39 Å². The highest BCUT2D eigenvalue weighted by atomic mass is 35.5. The smallest absolute Gasteiger partial charge is 0.221 e. The number of hydrogen-bond acceptors (Lipinski definition) is 5. The summed E-state index contributed by atoms with van der Waals surface area (Å²) < 4.78 is 19.0. The Labute approximate surface area is 181 Å². The second-order valence-corrected chi connectivity index (χ2v) is 7.98. The van der Waals surface area contributed by atoms with Gasteiger partial charge in [-0.15, -0.1) is 0 Å². The SMILES string of the molecule is CC(=O)Nc1ccc(F)cc1OC[C@H](O)CN[C@@H]1CCN(Cc2ccc(Cl)cc2)C1. The average molecular weight is 436 g/mol. The Hall–Kier alpha value is -2.19. The summed E-state index contributed by atoms with van der Waals surface area (Å²) in [5.74, 6) is -0.559. The van der Waals surface area contributed by atoms with Gasteiger partial charge in [0.05, 0.1) is 5.69 Å². The topological polar surface area (TPSA) is 73.8 Å². The van der Waals surface area contributed by atoms with Crippen molar-refractivity contribution in [2.75, 3.05) is 31.6 Å². The maximum atomic E-state index is 13.5. The van der Waals surface area contributed by atoms with Crippen molar-refractivity contribution in [1.82, 2.24) is 10.2 Å². The number of benzene rings is 2. The van der Waals surface area contributed by atoms with Crippen molar-refractivity contribution < 1.29 is 19.0 Å². The molecule has 1 aliphatic rings. The number of carbonyl (C=O) groups is 1. The number of anilines is 1. The minimum atomic E-state index is -0.760. The second-order valence-electron chi connectivity index (χ2n) is 7.54. The second kappa shape index (κ2) is 10.7. The first-order valence-electron chi connectivity index (χ1n) is 9.97. The molecule has 0 spiro atoms. The van der Waals surface area contributed by atoms with Crippen LogP contribution in [0.2, 0.25) is 5.02 Å². The lowest BCUT2D eigenvalue weighted by molar-refractivity contribution is -0.114. The van der Waals surface area contributed by atoms with Crippen LogP contribution in [0.5, 0.6) is 5.75 Å². The molecule has 1 saturated heterocycles. The van der Waals surface area contributed by atoms with Gasteiger partial charge in [0.25, 0.3) is 0 Å². The summed E-state index contributed by atoms with van der Waals surface area (Å²) in [7, 11) is 0. The van der Waals surface area contributed by atoms with Crippen LogP contribution in [0.3, 0.4) is 0 Å². The summed E-state index contributed by atoms with van der Waals surface area (Å²) in [6.45, 7) is 4.47. The Kier molecular flexibility index (Phi) is 8.04. The van der Waals surface area contributed by atoms with Gasteiger partial charge in [0.15, 0.2) is 0 Å². The van der Waals surface area contributed by atoms with E-state index >= 15 is 0 Å². The van der Waals surface area contributed by atoms with Gasteiger partial charge in [0, 0.05) is 50.2 Å². The first-order chi connectivity index (χ1) is 14.4. The predicted molar refractivity (Wildman–Crippen MR) is 115 cm³/mol. The van der Waals surface area contributed by atoms with Crippen LogP contribution in [-0.2, 0) is 11.3 Å². The fourth-order valence-electron chi connectivity index (χ4n) is 3.45. The molecule has 1 amide bonds. The van der Waals surface area contributed by atoms with Crippen LogP contribution in [-0.4, -0.2) is 54.3 Å². The standard InChI is InChI=1S/C22H27ClFN3O3/c1-15(28)26-21-7-6-18(24)10-22(21)30-14-20(29)11-25-19-8-9-27(13-19)12-16-2-4-17(23)5-3-16/h2-7,10,19-20,25,29H,8-9,11-14H2,1H3,(H,26,28)/t19-,20-/m1/s1. The summed E-state index contributed by atoms with van der Waals surface area (Å²) >= 11 is 5.93. The van der Waals surface area contributed by atoms with E-state index in [0.717, 1.165) is 31.1 Å². The molecule has 1 aliphatic heterocycles. The molecular formula is C22H27ClFN3O3. The van der Waals surface area contributed by atoms with Crippen molar-refractivity contribution in [1.29, 1.82) is 0 Å². The summed E-state index contributed by atoms with van der Waals surface area (Å²) in [5.41, 5.74) is 1.59. The zero-order valence-electron chi connectivity index (χ0n) is 16.9. The highest BCUT2D eigenvalue weighted by Crippen LogP contribution is 2.25. The average Bonchev–Trinajstić information content (AvgIpc) is 3.15. The molecular weight excluding hydrogens is 409 g/mol. The number of rotatable bonds is 9. The van der Waals surface area contributed by atoms with E-state index in [2.05, 4.69) is 15.5 Å². The number of amides is 1. The maximum Gasteiger partial charge on any atom is 0.221 e. The molecule has 0 aliphatic carbocycles. The fourth-order valence-corrected chi connectivity index (χ4v) is 3.57. The number of halogens is 2. The van der Waals surface area contributed by atoms with Gasteiger partial charge in [-0.3, -0.25) is 9.69 Å². The van der Waals surface area contributed by atoms with E-state index in [1.807, 2.05) is 24.3 Å². The fraction of sp³-hybridized carbons (Fsp3) is 0.409. The molecule has 2 atom stereocenters. The van der Waals surface area contributed by atoms with Gasteiger partial charge in [-0.1, -0.05) is 23.7 Å². The van der Waals surface area contributed by atoms with Gasteiger partial charge in [0.1, 0.15) is 24.3 Å². The molecule has 2 aromatic carbocycles. The van der Waals surface area contributed by atoms with Crippen LogP contribution >= 0.6 is 11.6 Å². The number of carbonyl (C=O) groups excluding carboxylic acids is 1. The number of nitrogens with zero attached hydrogens (tertiary/aromatic N) is 1. The Morgan fingerprint density at radius 3 is 2.83 bits per heavy atom. The number of likely N-dealkylation sites (tertiary alicyclic amines) is 1. The van der Waals surface area contributed by atoms with Crippen molar-refractivity contribution in [3.05, 3.63) is 58.9 Å². The summed E-state index contributed by atoms with van der Waals surface area (Å²) in [4.78, 5) is 13.6. The molecule has 8 heteroatoms. The van der Waals surface area contributed by atoms with Crippen LogP contribution < -0.4 is 15.4 Å². The summed E-state index contributed by atoms with van der Waals surface area (Å²) in [6, 6.07) is 12.0. The van der Waals surface area contributed by atoms with E-state index in [0.29, 0.717) is 12.2 Å². The van der Waals surface area contributed by atoms with Gasteiger partial charge < -0.3 is 20.5 Å².